The molecule has 30 heavy (non-hydrogen) atoms. The van der Waals surface area contributed by atoms with E-state index in [-0.39, 0.29) is 6.61 Å². The lowest BCUT2D eigenvalue weighted by Crippen LogP contribution is -2.21. The van der Waals surface area contributed by atoms with Gasteiger partial charge >= 0.3 is 0 Å². The average molecular weight is 409 g/mol. The standard InChI is InChI=1S/C25H32N2O3/c1-17(2)16-30-25-12-20(5-7-24(25)29-3)19-4-6-23-21(10-19)11-22(26-23)14-27-9-8-18(13-27)15-28/h4-7,10-12,17-18,26,28H,8-9,13-16H2,1-3H3/t18-/m0/s1. The molecule has 0 spiro atoms. The maximum absolute atomic E-state index is 9.36. The largest absolute Gasteiger partial charge is 0.493 e. The third-order valence-electron chi connectivity index (χ3n) is 5.77. The highest BCUT2D eigenvalue weighted by molar-refractivity contribution is 5.86. The SMILES string of the molecule is COc1ccc(-c2ccc3[nH]c(CN4CC[C@H](CO)C4)cc3c2)cc1OCC(C)C. The molecule has 0 saturated carbocycles. The Hall–Kier alpha value is -2.50. The maximum Gasteiger partial charge on any atom is 0.161 e. The molecule has 0 unspecified atom stereocenters. The molecular formula is C25H32N2O3. The highest BCUT2D eigenvalue weighted by Crippen LogP contribution is 2.34. The normalized spacial score (nSPS) is 17.2. The molecule has 1 aromatic heterocycles. The summed E-state index contributed by atoms with van der Waals surface area (Å²) in [4.78, 5) is 5.96. The van der Waals surface area contributed by atoms with Crippen LogP contribution in [0.4, 0.5) is 0 Å². The highest BCUT2D eigenvalue weighted by atomic mass is 16.5. The number of aromatic nitrogens is 1. The summed E-state index contributed by atoms with van der Waals surface area (Å²) in [5.41, 5.74) is 4.64. The second-order valence-electron chi connectivity index (χ2n) is 8.74. The Morgan fingerprint density at radius 1 is 1.10 bits per heavy atom. The number of H-pyrrole nitrogens is 1. The number of hydrogen-bond acceptors (Lipinski definition) is 4. The predicted octanol–water partition coefficient (Wildman–Crippen LogP) is 4.69. The van der Waals surface area contributed by atoms with E-state index in [1.165, 1.54) is 11.1 Å². The van der Waals surface area contributed by atoms with E-state index in [4.69, 9.17) is 9.47 Å². The van der Waals surface area contributed by atoms with E-state index < -0.39 is 0 Å². The molecule has 2 N–H and O–H groups in total. The van der Waals surface area contributed by atoms with Crippen LogP contribution in [0.25, 0.3) is 22.0 Å². The fraction of sp³-hybridized carbons (Fsp3) is 0.440. The van der Waals surface area contributed by atoms with Gasteiger partial charge < -0.3 is 19.6 Å². The zero-order valence-corrected chi connectivity index (χ0v) is 18.1. The minimum atomic E-state index is 0.289. The van der Waals surface area contributed by atoms with Gasteiger partial charge in [0.1, 0.15) is 0 Å². The van der Waals surface area contributed by atoms with Crippen molar-refractivity contribution in [1.82, 2.24) is 9.88 Å². The first-order chi connectivity index (χ1) is 14.6. The maximum atomic E-state index is 9.36. The molecule has 2 heterocycles. The third kappa shape index (κ3) is 4.63. The van der Waals surface area contributed by atoms with E-state index >= 15 is 0 Å². The monoisotopic (exact) mass is 408 g/mol. The van der Waals surface area contributed by atoms with E-state index in [0.29, 0.717) is 18.4 Å². The molecule has 3 aromatic rings. The summed E-state index contributed by atoms with van der Waals surface area (Å²) in [6, 6.07) is 14.9. The van der Waals surface area contributed by atoms with Gasteiger partial charge in [0.15, 0.2) is 11.5 Å². The molecule has 0 amide bonds. The number of ether oxygens (including phenoxy) is 2. The Morgan fingerprint density at radius 3 is 2.63 bits per heavy atom. The second kappa shape index (κ2) is 9.11. The number of likely N-dealkylation sites (tertiary alicyclic amines) is 1. The molecule has 1 saturated heterocycles. The van der Waals surface area contributed by atoms with Crippen LogP contribution in [0.15, 0.2) is 42.5 Å². The number of nitrogens with one attached hydrogen (secondary N) is 1. The van der Waals surface area contributed by atoms with Crippen LogP contribution in [-0.4, -0.2) is 48.4 Å². The van der Waals surface area contributed by atoms with Gasteiger partial charge in [0.2, 0.25) is 0 Å². The number of benzene rings is 2. The van der Waals surface area contributed by atoms with Crippen molar-refractivity contribution < 1.29 is 14.6 Å². The van der Waals surface area contributed by atoms with Crippen molar-refractivity contribution in [3.05, 3.63) is 48.2 Å². The molecule has 2 aromatic carbocycles. The number of hydrogen-bond donors (Lipinski definition) is 2. The number of aliphatic hydroxyl groups excluding tert-OH is 1. The molecule has 1 atom stereocenters. The molecule has 5 nitrogen and oxygen atoms in total. The molecule has 160 valence electrons. The number of rotatable bonds is 8. The van der Waals surface area contributed by atoms with Gasteiger partial charge in [-0.15, -0.1) is 0 Å². The van der Waals surface area contributed by atoms with E-state index in [1.807, 2.05) is 6.07 Å². The molecule has 1 fully saturated rings. The Labute approximate surface area is 178 Å². The van der Waals surface area contributed by atoms with E-state index in [9.17, 15) is 5.11 Å². The van der Waals surface area contributed by atoms with Crippen LogP contribution >= 0.6 is 0 Å². The van der Waals surface area contributed by atoms with Crippen molar-refractivity contribution in [2.75, 3.05) is 33.4 Å². The molecule has 0 aliphatic carbocycles. The first-order valence-electron chi connectivity index (χ1n) is 10.8. The van der Waals surface area contributed by atoms with E-state index in [1.54, 1.807) is 7.11 Å². The van der Waals surface area contributed by atoms with Gasteiger partial charge in [-0.2, -0.15) is 0 Å². The van der Waals surface area contributed by atoms with Crippen molar-refractivity contribution in [3.8, 4) is 22.6 Å². The van der Waals surface area contributed by atoms with Gasteiger partial charge in [-0.1, -0.05) is 26.0 Å². The predicted molar refractivity (Wildman–Crippen MR) is 121 cm³/mol. The van der Waals surface area contributed by atoms with E-state index in [2.05, 4.69) is 60.1 Å². The van der Waals surface area contributed by atoms with Gasteiger partial charge in [-0.05, 0) is 66.3 Å². The number of aliphatic hydroxyl groups is 1. The molecule has 4 rings (SSSR count). The lowest BCUT2D eigenvalue weighted by atomic mass is 10.0. The Kier molecular flexibility index (Phi) is 6.30. The minimum absolute atomic E-state index is 0.289. The summed E-state index contributed by atoms with van der Waals surface area (Å²) in [6.07, 6.45) is 1.08. The zero-order chi connectivity index (χ0) is 21.1. The number of aromatic amines is 1. The summed E-state index contributed by atoms with van der Waals surface area (Å²) < 4.78 is 11.5. The van der Waals surface area contributed by atoms with Gasteiger partial charge in [-0.3, -0.25) is 4.90 Å². The van der Waals surface area contributed by atoms with Crippen molar-refractivity contribution in [1.29, 1.82) is 0 Å². The molecule has 0 radical (unpaired) electrons. The molecule has 1 aliphatic rings. The Balaban J connectivity index is 1.55. The summed E-state index contributed by atoms with van der Waals surface area (Å²) in [5, 5.41) is 10.6. The minimum Gasteiger partial charge on any atom is -0.493 e. The Morgan fingerprint density at radius 2 is 1.90 bits per heavy atom. The Bertz CT molecular complexity index is 995. The van der Waals surface area contributed by atoms with Crippen LogP contribution in [0.2, 0.25) is 0 Å². The lowest BCUT2D eigenvalue weighted by Gasteiger charge is -2.14. The van der Waals surface area contributed by atoms with Gasteiger partial charge in [-0.25, -0.2) is 0 Å². The summed E-state index contributed by atoms with van der Waals surface area (Å²) in [5.74, 6) is 2.42. The smallest absolute Gasteiger partial charge is 0.161 e. The van der Waals surface area contributed by atoms with Gasteiger partial charge in [0.25, 0.3) is 0 Å². The van der Waals surface area contributed by atoms with Gasteiger partial charge in [0, 0.05) is 36.3 Å². The summed E-state index contributed by atoms with van der Waals surface area (Å²) >= 11 is 0. The number of fused-ring (bicyclic) bond motifs is 1. The molecule has 0 bridgehead atoms. The molecular weight excluding hydrogens is 376 g/mol. The van der Waals surface area contributed by atoms with Crippen LogP contribution in [-0.2, 0) is 6.54 Å². The van der Waals surface area contributed by atoms with E-state index in [0.717, 1.165) is 54.2 Å². The molecule has 5 heteroatoms. The highest BCUT2D eigenvalue weighted by Gasteiger charge is 2.22. The van der Waals surface area contributed by atoms with Crippen molar-refractivity contribution in [2.45, 2.75) is 26.8 Å². The van der Waals surface area contributed by atoms with Crippen LogP contribution in [0, 0.1) is 11.8 Å². The zero-order valence-electron chi connectivity index (χ0n) is 18.1. The average Bonchev–Trinajstić information content (AvgIpc) is 3.37. The topological polar surface area (TPSA) is 57.7 Å². The first-order valence-corrected chi connectivity index (χ1v) is 10.8. The van der Waals surface area contributed by atoms with Crippen LogP contribution in [0.3, 0.4) is 0 Å². The quantitative estimate of drug-likeness (QED) is 0.568. The first kappa shape index (κ1) is 20.8. The third-order valence-corrected chi connectivity index (χ3v) is 5.77. The van der Waals surface area contributed by atoms with Crippen molar-refractivity contribution in [2.24, 2.45) is 11.8 Å². The number of methoxy groups -OCH3 is 1. The number of nitrogens with zero attached hydrogens (tertiary/aromatic N) is 1. The molecule has 1 aliphatic heterocycles. The summed E-state index contributed by atoms with van der Waals surface area (Å²) in [6.45, 7) is 8.15. The van der Waals surface area contributed by atoms with Crippen LogP contribution in [0.1, 0.15) is 26.0 Å². The van der Waals surface area contributed by atoms with Crippen molar-refractivity contribution >= 4 is 10.9 Å². The van der Waals surface area contributed by atoms with Crippen LogP contribution < -0.4 is 9.47 Å². The van der Waals surface area contributed by atoms with Crippen molar-refractivity contribution in [3.63, 3.8) is 0 Å². The second-order valence-corrected chi connectivity index (χ2v) is 8.74. The summed E-state index contributed by atoms with van der Waals surface area (Å²) in [7, 11) is 1.67. The van der Waals surface area contributed by atoms with Crippen LogP contribution in [0.5, 0.6) is 11.5 Å². The van der Waals surface area contributed by atoms with Gasteiger partial charge in [0.05, 0.1) is 13.7 Å². The fourth-order valence-electron chi connectivity index (χ4n) is 4.13. The fourth-order valence-corrected chi connectivity index (χ4v) is 4.13. The lowest BCUT2D eigenvalue weighted by molar-refractivity contribution is 0.219.